The molecule has 1 saturated carbocycles. The summed E-state index contributed by atoms with van der Waals surface area (Å²) in [5, 5.41) is 6.44. The monoisotopic (exact) mass is 487 g/mol. The number of sulfonamides is 1. The second-order valence-corrected chi connectivity index (χ2v) is 10.9. The first kappa shape index (κ1) is 22.1. The second-order valence-electron chi connectivity index (χ2n) is 8.62. The summed E-state index contributed by atoms with van der Waals surface area (Å²) in [7, 11) is -4.22. The molecule has 0 saturated heterocycles. The number of hydrogen-bond acceptors (Lipinski definition) is 5. The van der Waals surface area contributed by atoms with E-state index in [0.717, 1.165) is 47.8 Å². The van der Waals surface area contributed by atoms with E-state index in [1.165, 1.54) is 24.6 Å². The highest BCUT2D eigenvalue weighted by Crippen LogP contribution is 2.45. The number of benzene rings is 1. The van der Waals surface area contributed by atoms with Gasteiger partial charge in [-0.25, -0.2) is 27.9 Å². The third kappa shape index (κ3) is 3.55. The second kappa shape index (κ2) is 7.93. The normalized spacial score (nSPS) is 21.6. The molecule has 0 bridgehead atoms. The van der Waals surface area contributed by atoms with Gasteiger partial charge in [0.2, 0.25) is 10.0 Å². The first-order chi connectivity index (χ1) is 15.7. The van der Waals surface area contributed by atoms with Crippen LogP contribution in [0, 0.1) is 0 Å². The van der Waals surface area contributed by atoms with Gasteiger partial charge in [-0.2, -0.15) is 0 Å². The first-order valence-electron chi connectivity index (χ1n) is 10.7. The molecule has 2 aromatic heterocycles. The van der Waals surface area contributed by atoms with Gasteiger partial charge >= 0.3 is 0 Å². The number of halogens is 2. The molecule has 0 amide bonds. The molecular weight excluding hydrogens is 465 g/mol. The van der Waals surface area contributed by atoms with Crippen molar-refractivity contribution in [1.82, 2.24) is 14.5 Å². The Morgan fingerprint density at radius 2 is 1.97 bits per heavy atom. The topological polar surface area (TPSA) is 117 Å². The van der Waals surface area contributed by atoms with E-state index in [1.54, 1.807) is 18.2 Å². The SMILES string of the molecule is Nc1ncnc2c1c(-c1ccc(C3(S(N)(=O)=O)C=CC=C(F)C3)c(Cl)c1)cn2C1CCCC1. The zero-order valence-electron chi connectivity index (χ0n) is 17.7. The van der Waals surface area contributed by atoms with Gasteiger partial charge in [-0.05, 0) is 36.1 Å². The molecular formula is C23H23ClFN5O2S. The molecule has 0 aliphatic heterocycles. The van der Waals surface area contributed by atoms with Gasteiger partial charge in [-0.3, -0.25) is 0 Å². The van der Waals surface area contributed by atoms with Crippen LogP contribution in [0.2, 0.25) is 5.02 Å². The van der Waals surface area contributed by atoms with E-state index >= 15 is 0 Å². The molecule has 2 aliphatic rings. The predicted molar refractivity (Wildman–Crippen MR) is 128 cm³/mol. The third-order valence-electron chi connectivity index (χ3n) is 6.67. The van der Waals surface area contributed by atoms with Gasteiger partial charge < -0.3 is 10.3 Å². The fourth-order valence-corrected chi connectivity index (χ4v) is 6.52. The summed E-state index contributed by atoms with van der Waals surface area (Å²) in [5.74, 6) is -0.230. The van der Waals surface area contributed by atoms with E-state index in [9.17, 15) is 12.8 Å². The van der Waals surface area contributed by atoms with Gasteiger partial charge in [0.1, 0.15) is 28.4 Å². The average molecular weight is 488 g/mol. The number of nitrogens with zero attached hydrogens (tertiary/aromatic N) is 3. The molecule has 33 heavy (non-hydrogen) atoms. The molecule has 1 aromatic carbocycles. The Morgan fingerprint density at radius 1 is 1.21 bits per heavy atom. The lowest BCUT2D eigenvalue weighted by molar-refractivity contribution is 0.508. The quantitative estimate of drug-likeness (QED) is 0.550. The standard InChI is InChI=1S/C23H23ClFN5O2S/c24-19-10-14(7-8-18(19)23(33(27,31)32)9-3-4-15(25)11-23)17-12-30(16-5-1-2-6-16)22-20(17)21(26)28-13-29-22/h3-4,7-10,12-13,16H,1-2,5-6,11H2,(H2,26,28,29)(H2,27,31,32). The van der Waals surface area contributed by atoms with Crippen molar-refractivity contribution in [3.05, 3.63) is 65.4 Å². The number of nitrogens with two attached hydrogens (primary N) is 2. The van der Waals surface area contributed by atoms with Crippen LogP contribution < -0.4 is 10.9 Å². The molecule has 5 rings (SSSR count). The highest BCUT2D eigenvalue weighted by molar-refractivity contribution is 7.90. The van der Waals surface area contributed by atoms with Crippen molar-refractivity contribution in [2.24, 2.45) is 5.14 Å². The van der Waals surface area contributed by atoms with E-state index in [2.05, 4.69) is 14.5 Å². The van der Waals surface area contributed by atoms with Gasteiger partial charge in [0.15, 0.2) is 0 Å². The van der Waals surface area contributed by atoms with E-state index in [-0.39, 0.29) is 10.6 Å². The van der Waals surface area contributed by atoms with Crippen LogP contribution in [0.15, 0.2) is 54.8 Å². The number of primary sulfonamides is 1. The van der Waals surface area contributed by atoms with Crippen molar-refractivity contribution in [1.29, 1.82) is 0 Å². The largest absolute Gasteiger partial charge is 0.383 e. The maximum atomic E-state index is 14.2. The van der Waals surface area contributed by atoms with Crippen molar-refractivity contribution < 1.29 is 12.8 Å². The molecule has 7 nitrogen and oxygen atoms in total. The molecule has 4 N–H and O–H groups in total. The lowest BCUT2D eigenvalue weighted by Crippen LogP contribution is -2.40. The summed E-state index contributed by atoms with van der Waals surface area (Å²) >= 11 is 6.62. The Kier molecular flexibility index (Phi) is 5.30. The van der Waals surface area contributed by atoms with Crippen molar-refractivity contribution in [2.45, 2.75) is 42.9 Å². The smallest absolute Gasteiger partial charge is 0.223 e. The predicted octanol–water partition coefficient (Wildman–Crippen LogP) is 4.75. The van der Waals surface area contributed by atoms with Crippen LogP contribution in [0.3, 0.4) is 0 Å². The number of anilines is 1. The summed E-state index contributed by atoms with van der Waals surface area (Å²) in [4.78, 5) is 8.65. The van der Waals surface area contributed by atoms with Crippen LogP contribution in [0.4, 0.5) is 10.2 Å². The van der Waals surface area contributed by atoms with Gasteiger partial charge in [-0.1, -0.05) is 48.7 Å². The first-order valence-corrected chi connectivity index (χ1v) is 12.6. The molecule has 10 heteroatoms. The zero-order chi connectivity index (χ0) is 23.4. The lowest BCUT2D eigenvalue weighted by atomic mass is 9.89. The molecule has 0 spiro atoms. The van der Waals surface area contributed by atoms with Crippen molar-refractivity contribution in [2.75, 3.05) is 5.73 Å². The molecule has 0 radical (unpaired) electrons. The number of hydrogen-bond donors (Lipinski definition) is 2. The van der Waals surface area contributed by atoms with E-state index in [1.807, 2.05) is 6.20 Å². The van der Waals surface area contributed by atoms with Crippen molar-refractivity contribution >= 4 is 38.5 Å². The average Bonchev–Trinajstić information content (AvgIpc) is 3.41. The Balaban J connectivity index is 1.67. The van der Waals surface area contributed by atoms with E-state index in [0.29, 0.717) is 11.9 Å². The maximum absolute atomic E-state index is 14.2. The maximum Gasteiger partial charge on any atom is 0.223 e. The number of rotatable bonds is 4. The lowest BCUT2D eigenvalue weighted by Gasteiger charge is -2.31. The summed E-state index contributed by atoms with van der Waals surface area (Å²) < 4.78 is 39.7. The van der Waals surface area contributed by atoms with Crippen LogP contribution in [0.1, 0.15) is 43.7 Å². The Hall–Kier alpha value is -2.75. The Labute approximate surface area is 196 Å². The molecule has 2 aliphatic carbocycles. The highest BCUT2D eigenvalue weighted by Gasteiger charge is 2.44. The Bertz CT molecular complexity index is 1430. The van der Waals surface area contributed by atoms with Crippen LogP contribution in [0.25, 0.3) is 22.2 Å². The van der Waals surface area contributed by atoms with Crippen LogP contribution >= 0.6 is 11.6 Å². The van der Waals surface area contributed by atoms with Crippen molar-refractivity contribution in [3.8, 4) is 11.1 Å². The van der Waals surface area contributed by atoms with Crippen molar-refractivity contribution in [3.63, 3.8) is 0 Å². The van der Waals surface area contributed by atoms with Gasteiger partial charge in [0, 0.05) is 29.2 Å². The Morgan fingerprint density at radius 3 is 2.64 bits per heavy atom. The summed E-state index contributed by atoms with van der Waals surface area (Å²) in [6.07, 6.45) is 11.4. The fourth-order valence-electron chi connectivity index (χ4n) is 5.02. The van der Waals surface area contributed by atoms with E-state index in [4.69, 9.17) is 22.5 Å². The van der Waals surface area contributed by atoms with Gasteiger partial charge in [-0.15, -0.1) is 0 Å². The number of nitrogen functional groups attached to an aromatic ring is 1. The summed E-state index contributed by atoms with van der Waals surface area (Å²) in [6, 6.07) is 5.33. The minimum absolute atomic E-state index is 0.165. The summed E-state index contributed by atoms with van der Waals surface area (Å²) in [5.41, 5.74) is 8.75. The van der Waals surface area contributed by atoms with Crippen LogP contribution in [-0.2, 0) is 14.8 Å². The van der Waals surface area contributed by atoms with Gasteiger partial charge in [0.25, 0.3) is 0 Å². The molecule has 2 heterocycles. The molecule has 1 atom stereocenters. The van der Waals surface area contributed by atoms with Gasteiger partial charge in [0.05, 0.1) is 5.39 Å². The third-order valence-corrected chi connectivity index (χ3v) is 8.50. The van der Waals surface area contributed by atoms with E-state index < -0.39 is 27.0 Å². The number of fused-ring (bicyclic) bond motifs is 1. The summed E-state index contributed by atoms with van der Waals surface area (Å²) in [6.45, 7) is 0. The molecule has 172 valence electrons. The molecule has 1 fully saturated rings. The number of allylic oxidation sites excluding steroid dienone is 3. The fraction of sp³-hybridized carbons (Fsp3) is 0.304. The minimum Gasteiger partial charge on any atom is -0.383 e. The molecule has 3 aromatic rings. The van der Waals surface area contributed by atoms with Crippen LogP contribution in [-0.4, -0.2) is 23.0 Å². The number of aromatic nitrogens is 3. The highest BCUT2D eigenvalue weighted by atomic mass is 35.5. The minimum atomic E-state index is -4.22. The zero-order valence-corrected chi connectivity index (χ0v) is 19.3. The van der Waals surface area contributed by atoms with Crippen LogP contribution in [0.5, 0.6) is 0 Å². The molecule has 1 unspecified atom stereocenters.